The highest BCUT2D eigenvalue weighted by Crippen LogP contribution is 2.40. The molecule has 0 aliphatic heterocycles. The Labute approximate surface area is 189 Å². The van der Waals surface area contributed by atoms with E-state index in [2.05, 4.69) is 10.6 Å². The first kappa shape index (κ1) is 22.2. The summed E-state index contributed by atoms with van der Waals surface area (Å²) in [5.41, 5.74) is 6.14. The van der Waals surface area contributed by atoms with E-state index in [0.717, 1.165) is 6.07 Å². The summed E-state index contributed by atoms with van der Waals surface area (Å²) >= 11 is 0. The molecule has 0 atom stereocenters. The zero-order valence-electron chi connectivity index (χ0n) is 17.4. The zero-order valence-corrected chi connectivity index (χ0v) is 18.2. The van der Waals surface area contributed by atoms with Gasteiger partial charge >= 0.3 is 0 Å². The third kappa shape index (κ3) is 3.97. The number of nitrogens with two attached hydrogens (primary N) is 1. The molecule has 1 aliphatic carbocycles. The van der Waals surface area contributed by atoms with Gasteiger partial charge in [-0.1, -0.05) is 37.3 Å². The van der Waals surface area contributed by atoms with Crippen LogP contribution in [0, 0.1) is 0 Å². The molecule has 0 saturated carbocycles. The Balaban J connectivity index is 1.91. The van der Waals surface area contributed by atoms with Crippen LogP contribution in [0.25, 0.3) is 0 Å². The third-order valence-corrected chi connectivity index (χ3v) is 6.12. The zero-order chi connectivity index (χ0) is 23.9. The molecule has 1 amide bonds. The van der Waals surface area contributed by atoms with E-state index >= 15 is 0 Å². The number of ketones is 2. The van der Waals surface area contributed by atoms with E-state index in [0.29, 0.717) is 11.4 Å². The Kier molecular flexibility index (Phi) is 5.48. The Morgan fingerprint density at radius 2 is 1.55 bits per heavy atom. The summed E-state index contributed by atoms with van der Waals surface area (Å²) in [5.74, 6) is -1.36. The highest BCUT2D eigenvalue weighted by Gasteiger charge is 2.36. The molecule has 5 N–H and O–H groups in total. The van der Waals surface area contributed by atoms with Gasteiger partial charge in [-0.3, -0.25) is 18.9 Å². The van der Waals surface area contributed by atoms with Gasteiger partial charge in [0.1, 0.15) is 4.90 Å². The molecule has 4 rings (SSSR count). The van der Waals surface area contributed by atoms with E-state index in [1.54, 1.807) is 43.3 Å². The van der Waals surface area contributed by atoms with Crippen LogP contribution in [0.4, 0.5) is 22.7 Å². The summed E-state index contributed by atoms with van der Waals surface area (Å²) in [6, 6.07) is 13.6. The van der Waals surface area contributed by atoms with Crippen molar-refractivity contribution in [1.29, 1.82) is 0 Å². The fourth-order valence-electron chi connectivity index (χ4n) is 3.69. The van der Waals surface area contributed by atoms with Gasteiger partial charge in [0.05, 0.1) is 22.5 Å². The van der Waals surface area contributed by atoms with Gasteiger partial charge in [0.2, 0.25) is 5.91 Å². The van der Waals surface area contributed by atoms with Gasteiger partial charge in [0.15, 0.2) is 11.6 Å². The van der Waals surface area contributed by atoms with Crippen LogP contribution in [-0.2, 0) is 14.9 Å². The maximum absolute atomic E-state index is 13.3. The minimum absolute atomic E-state index is 0.0290. The number of benzene rings is 3. The van der Waals surface area contributed by atoms with Crippen LogP contribution >= 0.6 is 0 Å². The van der Waals surface area contributed by atoms with Crippen LogP contribution in [0.1, 0.15) is 45.2 Å². The second-order valence-corrected chi connectivity index (χ2v) is 8.76. The van der Waals surface area contributed by atoms with E-state index in [9.17, 15) is 27.4 Å². The lowest BCUT2D eigenvalue weighted by molar-refractivity contribution is -0.115. The van der Waals surface area contributed by atoms with E-state index in [1.165, 1.54) is 12.1 Å². The van der Waals surface area contributed by atoms with Gasteiger partial charge < -0.3 is 16.4 Å². The summed E-state index contributed by atoms with van der Waals surface area (Å²) in [7, 11) is -4.81. The minimum atomic E-state index is -4.81. The number of amides is 1. The van der Waals surface area contributed by atoms with Crippen molar-refractivity contribution in [2.45, 2.75) is 18.2 Å². The Morgan fingerprint density at radius 1 is 0.939 bits per heavy atom. The average molecular weight is 465 g/mol. The van der Waals surface area contributed by atoms with Gasteiger partial charge in [-0.25, -0.2) is 0 Å². The van der Waals surface area contributed by atoms with Crippen molar-refractivity contribution >= 4 is 50.3 Å². The monoisotopic (exact) mass is 465 g/mol. The Bertz CT molecular complexity index is 1450. The predicted molar refractivity (Wildman–Crippen MR) is 123 cm³/mol. The lowest BCUT2D eigenvalue weighted by Gasteiger charge is -2.23. The molecule has 10 heteroatoms. The standard InChI is InChI=1S/C23H19N3O6S/c1-2-18(27)26-13-7-5-6-12(10-13)25-16-11-17(33(30,31)32)21(24)20-19(16)22(28)14-8-3-4-9-15(14)23(20)29/h3-11,25H,2,24H2,1H3,(H,26,27)(H,30,31,32). The number of anilines is 4. The van der Waals surface area contributed by atoms with E-state index in [4.69, 9.17) is 5.73 Å². The fourth-order valence-corrected chi connectivity index (χ4v) is 4.33. The fraction of sp³-hybridized carbons (Fsp3) is 0.0870. The summed E-state index contributed by atoms with van der Waals surface area (Å²) < 4.78 is 33.7. The normalized spacial score (nSPS) is 12.7. The van der Waals surface area contributed by atoms with Crippen molar-refractivity contribution in [3.05, 3.63) is 76.9 Å². The molecule has 0 unspecified atom stereocenters. The Morgan fingerprint density at radius 3 is 2.15 bits per heavy atom. The molecule has 0 saturated heterocycles. The first-order chi connectivity index (χ1) is 15.6. The second kappa shape index (κ2) is 8.15. The number of hydrogen-bond acceptors (Lipinski definition) is 7. The first-order valence-electron chi connectivity index (χ1n) is 9.91. The van der Waals surface area contributed by atoms with E-state index < -0.39 is 32.3 Å². The number of hydrogen-bond donors (Lipinski definition) is 4. The maximum Gasteiger partial charge on any atom is 0.296 e. The molecule has 0 fully saturated rings. The van der Waals surface area contributed by atoms with E-state index in [-0.39, 0.29) is 40.3 Å². The summed E-state index contributed by atoms with van der Waals surface area (Å²) in [5, 5.41) is 5.63. The van der Waals surface area contributed by atoms with Gasteiger partial charge in [0, 0.05) is 28.9 Å². The largest absolute Gasteiger partial charge is 0.397 e. The van der Waals surface area contributed by atoms with Crippen LogP contribution in [0.2, 0.25) is 0 Å². The van der Waals surface area contributed by atoms with Crippen molar-refractivity contribution < 1.29 is 27.4 Å². The lowest BCUT2D eigenvalue weighted by Crippen LogP contribution is -2.25. The SMILES string of the molecule is CCC(=O)Nc1cccc(Nc2cc(S(=O)(=O)O)c(N)c3c2C(=O)c2ccccc2C3=O)c1. The molecule has 168 valence electrons. The van der Waals surface area contributed by atoms with Gasteiger partial charge in [0.25, 0.3) is 10.1 Å². The van der Waals surface area contributed by atoms with E-state index in [1.807, 2.05) is 0 Å². The molecule has 9 nitrogen and oxygen atoms in total. The van der Waals surface area contributed by atoms with Gasteiger partial charge in [-0.2, -0.15) is 8.42 Å². The Hall–Kier alpha value is -4.02. The number of nitrogens with one attached hydrogen (secondary N) is 2. The molecular formula is C23H19N3O6S. The summed E-state index contributed by atoms with van der Waals surface area (Å²) in [6.45, 7) is 1.70. The maximum atomic E-state index is 13.3. The van der Waals surface area contributed by atoms with Crippen molar-refractivity contribution in [2.75, 3.05) is 16.4 Å². The molecule has 0 heterocycles. The molecule has 3 aromatic rings. The molecule has 33 heavy (non-hydrogen) atoms. The van der Waals surface area contributed by atoms with Gasteiger partial charge in [-0.05, 0) is 24.3 Å². The summed E-state index contributed by atoms with van der Waals surface area (Å²) in [6.07, 6.45) is 0.275. The van der Waals surface area contributed by atoms with Crippen molar-refractivity contribution in [2.24, 2.45) is 0 Å². The number of nitrogen functional groups attached to an aromatic ring is 1. The second-order valence-electron chi connectivity index (χ2n) is 7.37. The topological polar surface area (TPSA) is 156 Å². The average Bonchev–Trinajstić information content (AvgIpc) is 2.77. The van der Waals surface area contributed by atoms with Crippen LogP contribution in [0.3, 0.4) is 0 Å². The highest BCUT2D eigenvalue weighted by atomic mass is 32.2. The highest BCUT2D eigenvalue weighted by molar-refractivity contribution is 7.86. The molecule has 0 radical (unpaired) electrons. The smallest absolute Gasteiger partial charge is 0.296 e. The summed E-state index contributed by atoms with van der Waals surface area (Å²) in [4.78, 5) is 37.5. The number of carbonyl (C=O) groups excluding carboxylic acids is 3. The molecule has 0 bridgehead atoms. The quantitative estimate of drug-likeness (QED) is 0.258. The molecule has 3 aromatic carbocycles. The predicted octanol–water partition coefficient (Wildman–Crippen LogP) is 3.38. The minimum Gasteiger partial charge on any atom is -0.397 e. The van der Waals surface area contributed by atoms with Crippen molar-refractivity contribution in [3.8, 4) is 0 Å². The third-order valence-electron chi connectivity index (χ3n) is 5.22. The molecular weight excluding hydrogens is 446 g/mol. The molecule has 0 spiro atoms. The van der Waals surface area contributed by atoms with Crippen molar-refractivity contribution in [1.82, 2.24) is 0 Å². The lowest BCUT2D eigenvalue weighted by atomic mass is 9.82. The van der Waals surface area contributed by atoms with Crippen molar-refractivity contribution in [3.63, 3.8) is 0 Å². The van der Waals surface area contributed by atoms with Crippen LogP contribution < -0.4 is 16.4 Å². The molecule has 0 aromatic heterocycles. The first-order valence-corrected chi connectivity index (χ1v) is 11.3. The number of fused-ring (bicyclic) bond motifs is 2. The number of rotatable bonds is 5. The molecule has 1 aliphatic rings. The van der Waals surface area contributed by atoms with Crippen LogP contribution in [0.5, 0.6) is 0 Å². The van der Waals surface area contributed by atoms with Gasteiger partial charge in [-0.15, -0.1) is 0 Å². The van der Waals surface area contributed by atoms with Crippen LogP contribution in [0.15, 0.2) is 59.5 Å². The van der Waals surface area contributed by atoms with Crippen LogP contribution in [-0.4, -0.2) is 30.4 Å². The number of carbonyl (C=O) groups is 3.